The van der Waals surface area contributed by atoms with Crippen LogP contribution < -0.4 is 15.8 Å². The first kappa shape index (κ1) is 19.4. The molecule has 0 spiro atoms. The van der Waals surface area contributed by atoms with Crippen molar-refractivity contribution in [3.05, 3.63) is 61.9 Å². The molecule has 168 valence electrons. The summed E-state index contributed by atoms with van der Waals surface area (Å²) >= 11 is 0. The van der Waals surface area contributed by atoms with E-state index in [0.717, 1.165) is 6.20 Å². The second-order valence-corrected chi connectivity index (χ2v) is 8.65. The van der Waals surface area contributed by atoms with Gasteiger partial charge < -0.3 is 19.5 Å². The third-order valence-corrected chi connectivity index (χ3v) is 6.05. The third kappa shape index (κ3) is 3.86. The van der Waals surface area contributed by atoms with Crippen molar-refractivity contribution in [1.29, 1.82) is 0 Å². The molecule has 3 heterocycles. The van der Waals surface area contributed by atoms with Crippen molar-refractivity contribution >= 4 is 7.82 Å². The number of phosphoric acid groups is 1. The number of phosphoric ester groups is 1. The minimum absolute atomic E-state index is 0.00186. The van der Waals surface area contributed by atoms with Gasteiger partial charge in [0.15, 0.2) is 6.23 Å². The van der Waals surface area contributed by atoms with Crippen LogP contribution in [0.25, 0.3) is 0 Å². The van der Waals surface area contributed by atoms with E-state index in [9.17, 15) is 24.4 Å². The average Bonchev–Trinajstić information content (AvgIpc) is 2.96. The van der Waals surface area contributed by atoms with E-state index < -0.39 is 49.9 Å². The highest BCUT2D eigenvalue weighted by atomic mass is 31.2. The van der Waals surface area contributed by atoms with Gasteiger partial charge in [-0.05, 0) is 19.4 Å². The van der Waals surface area contributed by atoms with Crippen molar-refractivity contribution in [3.63, 3.8) is 0 Å². The number of aromatic amines is 1. The number of aliphatic hydroxyl groups excluding tert-OH is 2. The Kier molecular flexibility index (Phi) is 4.78. The van der Waals surface area contributed by atoms with Gasteiger partial charge in [-0.1, -0.05) is 18.2 Å². The van der Waals surface area contributed by atoms with E-state index in [1.54, 1.807) is 25.1 Å². The molecule has 2 aliphatic rings. The Balaban J connectivity index is 1.64. The van der Waals surface area contributed by atoms with Gasteiger partial charge >= 0.3 is 13.5 Å². The normalized spacial score (nSPS) is 33.9. The average molecular weight is 460 g/mol. The van der Waals surface area contributed by atoms with Gasteiger partial charge in [0.2, 0.25) is 0 Å². The number of H-pyrrole nitrogens is 1. The Morgan fingerprint density at radius 3 is 2.87 bits per heavy atom. The maximum Gasteiger partial charge on any atom is 0.530 e. The number of aliphatic hydroxyl groups is 2. The fourth-order valence-corrected chi connectivity index (χ4v) is 4.34. The van der Waals surface area contributed by atoms with Crippen LogP contribution in [0.4, 0.5) is 4.39 Å². The van der Waals surface area contributed by atoms with E-state index in [1.807, 2.05) is 4.98 Å². The number of aryl methyl sites for hydroxylation is 2. The highest BCUT2D eigenvalue weighted by Gasteiger charge is 2.57. The summed E-state index contributed by atoms with van der Waals surface area (Å²) in [5, 5.41) is 20.6. The van der Waals surface area contributed by atoms with Crippen molar-refractivity contribution in [2.75, 3.05) is 6.56 Å². The predicted molar refractivity (Wildman–Crippen MR) is 102 cm³/mol. The molecule has 1 unspecified atom stereocenters. The highest BCUT2D eigenvalue weighted by molar-refractivity contribution is 7.49. The zero-order valence-corrected chi connectivity index (χ0v) is 17.2. The summed E-state index contributed by atoms with van der Waals surface area (Å²) in [7, 11) is -4.75. The van der Waals surface area contributed by atoms with Crippen LogP contribution in [-0.4, -0.2) is 44.4 Å². The second-order valence-electron chi connectivity index (χ2n) is 7.14. The molecule has 0 saturated carbocycles. The van der Waals surface area contributed by atoms with Gasteiger partial charge in [-0.2, -0.15) is 0 Å². The Morgan fingerprint density at radius 1 is 1.39 bits per heavy atom. The fourth-order valence-electron chi connectivity index (χ4n) is 3.18. The Morgan fingerprint density at radius 2 is 2.13 bits per heavy atom. The number of halogens is 1. The van der Waals surface area contributed by atoms with E-state index in [2.05, 4.69) is 0 Å². The molecule has 1 saturated heterocycles. The molecule has 3 N–H and O–H groups in total. The number of hydrogen-bond donors (Lipinski definition) is 3. The number of aromatic nitrogens is 2. The molecular formula is C18H20FN2O9P. The maximum absolute atomic E-state index is 15.7. The number of hydrogen-bond acceptors (Lipinski definition) is 9. The van der Waals surface area contributed by atoms with Gasteiger partial charge in [0.1, 0.15) is 24.5 Å². The van der Waals surface area contributed by atoms with Crippen molar-refractivity contribution < 1.29 is 40.2 Å². The van der Waals surface area contributed by atoms with Crippen molar-refractivity contribution in [2.24, 2.45) is 0 Å². The summed E-state index contributed by atoms with van der Waals surface area (Å²) < 4.78 is 65.2. The number of ether oxygens (including phenoxy) is 1. The summed E-state index contributed by atoms with van der Waals surface area (Å²) in [5.74, 6) is -3.71. The molecule has 2 aliphatic heterocycles. The van der Waals surface area contributed by atoms with E-state index in [-0.39, 0.29) is 17.9 Å². The number of para-hydroxylation sites is 1. The van der Waals surface area contributed by atoms with Crippen LogP contribution in [0.5, 0.6) is 5.75 Å². The zero-order valence-electron chi connectivity index (χ0n) is 18.3. The Labute approximate surface area is 177 Å². The van der Waals surface area contributed by atoms with E-state index in [4.69, 9.17) is 21.0 Å². The number of rotatable bonds is 4. The minimum Gasteiger partial charge on any atom is -0.403 e. The van der Waals surface area contributed by atoms with Crippen LogP contribution >= 0.6 is 7.82 Å². The lowest BCUT2D eigenvalue weighted by molar-refractivity contribution is -0.205. The van der Waals surface area contributed by atoms with E-state index in [1.165, 1.54) is 6.92 Å². The predicted octanol–water partition coefficient (Wildman–Crippen LogP) is 0.804. The smallest absolute Gasteiger partial charge is 0.403 e. The first-order valence-corrected chi connectivity index (χ1v) is 10.5. The van der Waals surface area contributed by atoms with Gasteiger partial charge in [-0.25, -0.2) is 13.8 Å². The van der Waals surface area contributed by atoms with Crippen LogP contribution in [0.2, 0.25) is 0 Å². The SMILES string of the molecule is [2H]C([2H])(OP1(=O)OCc2cccc(C)c2O1)[C@@]1(F)O[C@@H](n2cc(C)c(=O)[nH]c2=O)[C@H](O)[C@@H]1O. The molecular weight excluding hydrogens is 438 g/mol. The lowest BCUT2D eigenvalue weighted by Crippen LogP contribution is -2.43. The highest BCUT2D eigenvalue weighted by Crippen LogP contribution is 2.56. The summed E-state index contributed by atoms with van der Waals surface area (Å²) in [4.78, 5) is 25.6. The first-order valence-electron chi connectivity index (χ1n) is 10.1. The van der Waals surface area contributed by atoms with Crippen molar-refractivity contribution in [1.82, 2.24) is 9.55 Å². The molecule has 0 radical (unpaired) electrons. The number of nitrogens with zero attached hydrogens (tertiary/aromatic N) is 1. The number of alkyl halides is 1. The van der Waals surface area contributed by atoms with Crippen molar-refractivity contribution in [2.45, 2.75) is 44.7 Å². The largest absolute Gasteiger partial charge is 0.530 e. The lowest BCUT2D eigenvalue weighted by atomic mass is 10.1. The topological polar surface area (TPSA) is 149 Å². The lowest BCUT2D eigenvalue weighted by Gasteiger charge is -2.29. The van der Waals surface area contributed by atoms with Gasteiger partial charge in [-0.3, -0.25) is 23.4 Å². The molecule has 1 fully saturated rings. The molecule has 0 aliphatic carbocycles. The van der Waals surface area contributed by atoms with Gasteiger partial charge in [0.05, 0.1) is 9.35 Å². The molecule has 1 aromatic carbocycles. The second kappa shape index (κ2) is 7.66. The Hall–Kier alpha value is -2.34. The summed E-state index contributed by atoms with van der Waals surface area (Å²) in [6.45, 7) is -1.03. The first-order chi connectivity index (χ1) is 15.3. The molecule has 13 heteroatoms. The molecule has 1 aromatic heterocycles. The van der Waals surface area contributed by atoms with Crippen molar-refractivity contribution in [3.8, 4) is 5.75 Å². The van der Waals surface area contributed by atoms with Crippen LogP contribution in [0.3, 0.4) is 0 Å². The van der Waals surface area contributed by atoms with Gasteiger partial charge in [-0.15, -0.1) is 0 Å². The van der Waals surface area contributed by atoms with Gasteiger partial charge in [0, 0.05) is 17.3 Å². The summed E-state index contributed by atoms with van der Waals surface area (Å²) in [5.41, 5.74) is -0.809. The third-order valence-electron chi connectivity index (χ3n) is 4.88. The van der Waals surface area contributed by atoms with Crippen LogP contribution in [0.1, 0.15) is 25.7 Å². The van der Waals surface area contributed by atoms with Crippen LogP contribution in [0, 0.1) is 13.8 Å². The number of nitrogens with one attached hydrogen (secondary N) is 1. The van der Waals surface area contributed by atoms with Crippen LogP contribution in [0.15, 0.2) is 34.0 Å². The minimum atomic E-state index is -4.75. The fraction of sp³-hybridized carbons (Fsp3) is 0.444. The maximum atomic E-state index is 15.7. The summed E-state index contributed by atoms with van der Waals surface area (Å²) in [6, 6.07) is 4.94. The summed E-state index contributed by atoms with van der Waals surface area (Å²) in [6.07, 6.45) is -5.78. The molecule has 11 nitrogen and oxygen atoms in total. The molecule has 31 heavy (non-hydrogen) atoms. The molecule has 0 amide bonds. The molecule has 4 rings (SSSR count). The standard InChI is InChI=1S/C18H20FN2O9P/c1-9-4-3-5-11-7-27-31(26,30-13(9)11)28-8-18(19)14(23)12(22)16(29-18)21-6-10(2)15(24)20-17(21)25/h3-6,12,14,16,22-23H,7-8H2,1-2H3,(H,20,24,25)/t12-,14+,16-,18-,31?/m1/s1/i8D2. The van der Waals surface area contributed by atoms with E-state index >= 15 is 4.39 Å². The number of benzene rings is 1. The Bertz CT molecular complexity index is 1270. The quantitative estimate of drug-likeness (QED) is 0.563. The number of fused-ring (bicyclic) bond motifs is 1. The van der Waals surface area contributed by atoms with Crippen LogP contribution in [-0.2, 0) is 25.0 Å². The monoisotopic (exact) mass is 460 g/mol. The molecule has 0 bridgehead atoms. The molecule has 2 aromatic rings. The molecule has 5 atom stereocenters. The van der Waals surface area contributed by atoms with Gasteiger partial charge in [0.25, 0.3) is 11.4 Å². The zero-order chi connectivity index (χ0) is 24.3. The van der Waals surface area contributed by atoms with E-state index in [0.29, 0.717) is 15.7 Å².